The summed E-state index contributed by atoms with van der Waals surface area (Å²) in [4.78, 5) is 5.52. The minimum absolute atomic E-state index is 0.332. The highest BCUT2D eigenvalue weighted by Gasteiger charge is 2.41. The van der Waals surface area contributed by atoms with E-state index in [0.29, 0.717) is 5.54 Å². The number of hydrogen-bond acceptors (Lipinski definition) is 3. The van der Waals surface area contributed by atoms with E-state index in [1.807, 2.05) is 0 Å². The van der Waals surface area contributed by atoms with Crippen LogP contribution in [0.3, 0.4) is 0 Å². The third-order valence-electron chi connectivity index (χ3n) is 6.49. The van der Waals surface area contributed by atoms with Crippen molar-refractivity contribution in [1.29, 1.82) is 0 Å². The summed E-state index contributed by atoms with van der Waals surface area (Å²) in [6, 6.07) is 0.831. The Labute approximate surface area is 124 Å². The molecule has 3 rings (SSSR count). The van der Waals surface area contributed by atoms with E-state index in [0.717, 1.165) is 18.5 Å². The Morgan fingerprint density at radius 2 is 1.95 bits per heavy atom. The maximum Gasteiger partial charge on any atom is 0.0333 e. The van der Waals surface area contributed by atoms with Crippen molar-refractivity contribution < 1.29 is 0 Å². The monoisotopic (exact) mass is 279 g/mol. The van der Waals surface area contributed by atoms with Crippen molar-refractivity contribution in [3.63, 3.8) is 0 Å². The lowest BCUT2D eigenvalue weighted by atomic mass is 9.86. The smallest absolute Gasteiger partial charge is 0.0333 e. The van der Waals surface area contributed by atoms with Gasteiger partial charge in [0, 0.05) is 37.8 Å². The predicted molar refractivity (Wildman–Crippen MR) is 84.8 cm³/mol. The molecule has 116 valence electrons. The fourth-order valence-corrected chi connectivity index (χ4v) is 4.94. The van der Waals surface area contributed by atoms with Gasteiger partial charge in [-0.2, -0.15) is 0 Å². The van der Waals surface area contributed by atoms with Gasteiger partial charge in [0.2, 0.25) is 0 Å². The van der Waals surface area contributed by atoms with Gasteiger partial charge in [-0.05, 0) is 44.6 Å². The molecule has 3 nitrogen and oxygen atoms in total. The van der Waals surface area contributed by atoms with Crippen LogP contribution in [-0.4, -0.2) is 54.1 Å². The van der Waals surface area contributed by atoms with E-state index in [1.54, 1.807) is 0 Å². The standard InChI is InChI=1S/C17H33N3/c1-2-15-5-3-8-17(14-18,9-7-15)20-12-11-19-10-4-6-16(19)13-20/h15-16H,2-14,18H2,1H3. The first-order valence-corrected chi connectivity index (χ1v) is 8.96. The third-order valence-corrected chi connectivity index (χ3v) is 6.49. The van der Waals surface area contributed by atoms with E-state index < -0.39 is 0 Å². The molecule has 3 heteroatoms. The minimum Gasteiger partial charge on any atom is -0.329 e. The van der Waals surface area contributed by atoms with Crippen molar-refractivity contribution in [2.45, 2.75) is 69.9 Å². The van der Waals surface area contributed by atoms with E-state index in [1.165, 1.54) is 77.5 Å². The van der Waals surface area contributed by atoms with Crippen molar-refractivity contribution in [1.82, 2.24) is 9.80 Å². The molecule has 2 N–H and O–H groups in total. The Bertz CT molecular complexity index is 319. The number of piperazine rings is 1. The van der Waals surface area contributed by atoms with E-state index in [2.05, 4.69) is 16.7 Å². The average Bonchev–Trinajstić information content (AvgIpc) is 2.85. The topological polar surface area (TPSA) is 32.5 Å². The predicted octanol–water partition coefficient (Wildman–Crippen LogP) is 2.45. The van der Waals surface area contributed by atoms with Crippen molar-refractivity contribution in [2.75, 3.05) is 32.7 Å². The maximum atomic E-state index is 6.31. The summed E-state index contributed by atoms with van der Waals surface area (Å²) in [6.45, 7) is 8.39. The Morgan fingerprint density at radius 3 is 2.75 bits per heavy atom. The lowest BCUT2D eigenvalue weighted by molar-refractivity contribution is 0.00881. The van der Waals surface area contributed by atoms with Crippen LogP contribution >= 0.6 is 0 Å². The molecular weight excluding hydrogens is 246 g/mol. The quantitative estimate of drug-likeness (QED) is 0.806. The van der Waals surface area contributed by atoms with Gasteiger partial charge in [0.1, 0.15) is 0 Å². The number of fused-ring (bicyclic) bond motifs is 1. The number of hydrogen-bond donors (Lipinski definition) is 1. The first kappa shape index (κ1) is 14.8. The molecule has 2 saturated heterocycles. The van der Waals surface area contributed by atoms with Crippen molar-refractivity contribution in [3.8, 4) is 0 Å². The highest BCUT2D eigenvalue weighted by molar-refractivity contribution is 4.99. The van der Waals surface area contributed by atoms with E-state index in [9.17, 15) is 0 Å². The molecule has 0 radical (unpaired) electrons. The molecule has 0 amide bonds. The van der Waals surface area contributed by atoms with Crippen molar-refractivity contribution in [2.24, 2.45) is 11.7 Å². The largest absolute Gasteiger partial charge is 0.329 e. The molecule has 3 aliphatic rings. The van der Waals surface area contributed by atoms with Gasteiger partial charge in [-0.15, -0.1) is 0 Å². The van der Waals surface area contributed by atoms with E-state index >= 15 is 0 Å². The van der Waals surface area contributed by atoms with E-state index in [-0.39, 0.29) is 0 Å². The van der Waals surface area contributed by atoms with Crippen LogP contribution in [0.2, 0.25) is 0 Å². The second-order valence-electron chi connectivity index (χ2n) is 7.41. The molecule has 3 fully saturated rings. The fourth-order valence-electron chi connectivity index (χ4n) is 4.94. The molecule has 3 atom stereocenters. The normalized spacial score (nSPS) is 40.5. The molecule has 0 spiro atoms. The molecule has 0 aromatic rings. The zero-order valence-electron chi connectivity index (χ0n) is 13.3. The van der Waals surface area contributed by atoms with Gasteiger partial charge in [0.25, 0.3) is 0 Å². The molecule has 2 aliphatic heterocycles. The lowest BCUT2D eigenvalue weighted by Crippen LogP contribution is -2.61. The van der Waals surface area contributed by atoms with Crippen LogP contribution in [0.1, 0.15) is 58.3 Å². The molecular formula is C17H33N3. The van der Waals surface area contributed by atoms with Gasteiger partial charge in [-0.25, -0.2) is 0 Å². The van der Waals surface area contributed by atoms with Crippen LogP contribution in [0.25, 0.3) is 0 Å². The third kappa shape index (κ3) is 2.77. The lowest BCUT2D eigenvalue weighted by Gasteiger charge is -2.49. The van der Waals surface area contributed by atoms with Crippen LogP contribution < -0.4 is 5.73 Å². The van der Waals surface area contributed by atoms with Crippen LogP contribution in [0.4, 0.5) is 0 Å². The highest BCUT2D eigenvalue weighted by atomic mass is 15.3. The Balaban J connectivity index is 1.68. The minimum atomic E-state index is 0.332. The average molecular weight is 279 g/mol. The van der Waals surface area contributed by atoms with Gasteiger partial charge in [-0.3, -0.25) is 9.80 Å². The summed E-state index contributed by atoms with van der Waals surface area (Å²) in [7, 11) is 0. The van der Waals surface area contributed by atoms with Gasteiger partial charge < -0.3 is 5.73 Å². The van der Waals surface area contributed by atoms with Crippen molar-refractivity contribution in [3.05, 3.63) is 0 Å². The summed E-state index contributed by atoms with van der Waals surface area (Å²) in [5, 5.41) is 0. The second kappa shape index (κ2) is 6.33. The summed E-state index contributed by atoms with van der Waals surface area (Å²) in [6.07, 6.45) is 11.1. The summed E-state index contributed by atoms with van der Waals surface area (Å²) in [5.74, 6) is 0.955. The van der Waals surface area contributed by atoms with Crippen LogP contribution in [0, 0.1) is 5.92 Å². The van der Waals surface area contributed by atoms with Gasteiger partial charge in [-0.1, -0.05) is 26.2 Å². The molecule has 20 heavy (non-hydrogen) atoms. The molecule has 1 saturated carbocycles. The number of nitrogens with two attached hydrogens (primary N) is 1. The zero-order chi connectivity index (χ0) is 14.0. The Kier molecular flexibility index (Phi) is 4.68. The summed E-state index contributed by atoms with van der Waals surface area (Å²) < 4.78 is 0. The molecule has 0 aromatic heterocycles. The number of nitrogens with zero attached hydrogens (tertiary/aromatic N) is 2. The second-order valence-corrected chi connectivity index (χ2v) is 7.41. The van der Waals surface area contributed by atoms with Gasteiger partial charge in [0.05, 0.1) is 0 Å². The zero-order valence-corrected chi connectivity index (χ0v) is 13.3. The first-order chi connectivity index (χ1) is 9.77. The Morgan fingerprint density at radius 1 is 1.05 bits per heavy atom. The summed E-state index contributed by atoms with van der Waals surface area (Å²) >= 11 is 0. The van der Waals surface area contributed by atoms with Crippen LogP contribution in [0.5, 0.6) is 0 Å². The Hall–Kier alpha value is -0.120. The molecule has 0 aromatic carbocycles. The SMILES string of the molecule is CCC1CCCC(CN)(N2CCN3CCCC3C2)CC1. The van der Waals surface area contributed by atoms with Gasteiger partial charge >= 0.3 is 0 Å². The van der Waals surface area contributed by atoms with Crippen LogP contribution in [-0.2, 0) is 0 Å². The highest BCUT2D eigenvalue weighted by Crippen LogP contribution is 2.37. The molecule has 0 bridgehead atoms. The molecule has 1 aliphatic carbocycles. The van der Waals surface area contributed by atoms with Crippen LogP contribution in [0.15, 0.2) is 0 Å². The summed E-state index contributed by atoms with van der Waals surface area (Å²) in [5.41, 5.74) is 6.64. The van der Waals surface area contributed by atoms with Crippen molar-refractivity contribution >= 4 is 0 Å². The molecule has 2 heterocycles. The maximum absolute atomic E-state index is 6.31. The number of rotatable bonds is 3. The van der Waals surface area contributed by atoms with E-state index in [4.69, 9.17) is 5.73 Å². The molecule has 3 unspecified atom stereocenters. The fraction of sp³-hybridized carbons (Fsp3) is 1.00. The first-order valence-electron chi connectivity index (χ1n) is 8.96. The van der Waals surface area contributed by atoms with Gasteiger partial charge in [0.15, 0.2) is 0 Å².